The van der Waals surface area contributed by atoms with E-state index in [1.165, 1.54) is 12.8 Å². The fourth-order valence-corrected chi connectivity index (χ4v) is 4.01. The minimum Gasteiger partial charge on any atom is -0.493 e. The van der Waals surface area contributed by atoms with E-state index in [0.29, 0.717) is 17.9 Å². The molecule has 5 heteroatoms. The molecule has 1 fully saturated rings. The number of rotatable bonds is 7. The molecule has 0 saturated heterocycles. The Morgan fingerprint density at radius 3 is 2.21 bits per heavy atom. The van der Waals surface area contributed by atoms with Gasteiger partial charge in [-0.3, -0.25) is 9.97 Å². The summed E-state index contributed by atoms with van der Waals surface area (Å²) in [5, 5.41) is 11.9. The lowest BCUT2D eigenvalue weighted by atomic mass is 9.81. The molecule has 1 atom stereocenters. The summed E-state index contributed by atoms with van der Waals surface area (Å²) < 4.78 is 11.8. The van der Waals surface area contributed by atoms with E-state index in [-0.39, 0.29) is 6.10 Å². The average Bonchev–Trinajstić information content (AvgIpc) is 3.28. The van der Waals surface area contributed by atoms with Gasteiger partial charge in [0.25, 0.3) is 0 Å². The quantitative estimate of drug-likeness (QED) is 0.652. The highest BCUT2D eigenvalue weighted by Gasteiger charge is 2.33. The molecule has 0 aliphatic heterocycles. The van der Waals surface area contributed by atoms with Crippen molar-refractivity contribution in [1.29, 1.82) is 0 Å². The minimum absolute atomic E-state index is 0.202. The van der Waals surface area contributed by atoms with Crippen LogP contribution in [0.15, 0.2) is 67.3 Å². The smallest absolute Gasteiger partial charge is 0.161 e. The number of methoxy groups -OCH3 is 1. The molecule has 1 unspecified atom stereocenters. The van der Waals surface area contributed by atoms with Crippen molar-refractivity contribution >= 4 is 0 Å². The number of nitrogens with zero attached hydrogens (tertiary/aromatic N) is 2. The zero-order valence-corrected chi connectivity index (χ0v) is 16.6. The third kappa shape index (κ3) is 4.25. The van der Waals surface area contributed by atoms with E-state index in [1.54, 1.807) is 31.9 Å². The lowest BCUT2D eigenvalue weighted by molar-refractivity contribution is 0.0803. The summed E-state index contributed by atoms with van der Waals surface area (Å²) in [6.45, 7) is 0. The highest BCUT2D eigenvalue weighted by molar-refractivity contribution is 5.48. The Labute approximate surface area is 171 Å². The lowest BCUT2D eigenvalue weighted by Gasteiger charge is -2.30. The van der Waals surface area contributed by atoms with E-state index < -0.39 is 5.60 Å². The van der Waals surface area contributed by atoms with Gasteiger partial charge in [-0.1, -0.05) is 6.07 Å². The van der Waals surface area contributed by atoms with Gasteiger partial charge in [-0.15, -0.1) is 0 Å². The van der Waals surface area contributed by atoms with Crippen molar-refractivity contribution in [1.82, 2.24) is 9.97 Å². The molecule has 5 nitrogen and oxygen atoms in total. The maximum absolute atomic E-state index is 11.9. The highest BCUT2D eigenvalue weighted by atomic mass is 16.5. The maximum Gasteiger partial charge on any atom is 0.161 e. The summed E-state index contributed by atoms with van der Waals surface area (Å²) in [6, 6.07) is 13.2. The van der Waals surface area contributed by atoms with Crippen LogP contribution in [-0.2, 0) is 12.0 Å². The first kappa shape index (κ1) is 19.4. The van der Waals surface area contributed by atoms with Crippen LogP contribution in [-0.4, -0.2) is 28.3 Å². The standard InChI is InChI=1S/C24H26N2O3/c1-28-22-7-6-20(16-23(22)29-21-4-2-3-5-21)24(27,19-10-14-26-15-11-19)17-18-8-12-25-13-9-18/h6-16,21,27H,2-5,17H2,1H3. The molecule has 2 heterocycles. The van der Waals surface area contributed by atoms with E-state index in [4.69, 9.17) is 9.47 Å². The van der Waals surface area contributed by atoms with Gasteiger partial charge >= 0.3 is 0 Å². The van der Waals surface area contributed by atoms with Crippen LogP contribution >= 0.6 is 0 Å². The van der Waals surface area contributed by atoms with Crippen molar-refractivity contribution in [3.63, 3.8) is 0 Å². The second-order valence-electron chi connectivity index (χ2n) is 7.52. The summed E-state index contributed by atoms with van der Waals surface area (Å²) in [5.41, 5.74) is 1.30. The van der Waals surface area contributed by atoms with Crippen LogP contribution in [0.1, 0.15) is 42.4 Å². The van der Waals surface area contributed by atoms with Gasteiger partial charge in [0, 0.05) is 31.2 Å². The minimum atomic E-state index is -1.23. The third-order valence-corrected chi connectivity index (χ3v) is 5.60. The number of benzene rings is 1. The van der Waals surface area contributed by atoms with Gasteiger partial charge in [-0.2, -0.15) is 0 Å². The van der Waals surface area contributed by atoms with E-state index in [9.17, 15) is 5.11 Å². The Morgan fingerprint density at radius 2 is 1.55 bits per heavy atom. The normalized spacial score (nSPS) is 16.3. The van der Waals surface area contributed by atoms with Crippen molar-refractivity contribution in [2.75, 3.05) is 7.11 Å². The van der Waals surface area contributed by atoms with Crippen LogP contribution in [0.5, 0.6) is 11.5 Å². The first-order valence-corrected chi connectivity index (χ1v) is 10.1. The van der Waals surface area contributed by atoms with Gasteiger partial charge in [-0.25, -0.2) is 0 Å². The molecule has 0 radical (unpaired) electrons. The van der Waals surface area contributed by atoms with Crippen LogP contribution in [0.2, 0.25) is 0 Å². The van der Waals surface area contributed by atoms with Crippen LogP contribution in [0.3, 0.4) is 0 Å². The SMILES string of the molecule is COc1ccc(C(O)(Cc2ccncc2)c2ccncc2)cc1OC1CCCC1. The van der Waals surface area contributed by atoms with Crippen LogP contribution < -0.4 is 9.47 Å². The summed E-state index contributed by atoms with van der Waals surface area (Å²) in [4.78, 5) is 8.19. The summed E-state index contributed by atoms with van der Waals surface area (Å²) in [5.74, 6) is 1.36. The zero-order valence-electron chi connectivity index (χ0n) is 16.6. The fraction of sp³-hybridized carbons (Fsp3) is 0.333. The number of hydrogen-bond donors (Lipinski definition) is 1. The molecule has 29 heavy (non-hydrogen) atoms. The second kappa shape index (κ2) is 8.62. The van der Waals surface area contributed by atoms with Gasteiger partial charge in [0.15, 0.2) is 11.5 Å². The molecular weight excluding hydrogens is 364 g/mol. The predicted octanol–water partition coefficient (Wildman–Crippen LogP) is 4.29. The Morgan fingerprint density at radius 1 is 0.897 bits per heavy atom. The summed E-state index contributed by atoms with van der Waals surface area (Å²) in [6.07, 6.45) is 12.0. The van der Waals surface area contributed by atoms with Crippen molar-refractivity contribution in [3.05, 3.63) is 83.9 Å². The Bertz CT molecular complexity index is 927. The fourth-order valence-electron chi connectivity index (χ4n) is 4.01. The van der Waals surface area contributed by atoms with Gasteiger partial charge in [0.05, 0.1) is 13.2 Å². The molecule has 0 amide bonds. The van der Waals surface area contributed by atoms with E-state index in [0.717, 1.165) is 29.5 Å². The average molecular weight is 390 g/mol. The van der Waals surface area contributed by atoms with Crippen LogP contribution in [0.25, 0.3) is 0 Å². The van der Waals surface area contributed by atoms with Gasteiger partial charge < -0.3 is 14.6 Å². The van der Waals surface area contributed by atoms with Crippen LogP contribution in [0, 0.1) is 0 Å². The lowest BCUT2D eigenvalue weighted by Crippen LogP contribution is -2.30. The van der Waals surface area contributed by atoms with Crippen molar-refractivity contribution in [2.45, 2.75) is 43.8 Å². The number of ether oxygens (including phenoxy) is 2. The van der Waals surface area contributed by atoms with Crippen molar-refractivity contribution in [2.24, 2.45) is 0 Å². The van der Waals surface area contributed by atoms with Crippen molar-refractivity contribution in [3.8, 4) is 11.5 Å². The highest BCUT2D eigenvalue weighted by Crippen LogP contribution is 2.39. The van der Waals surface area contributed by atoms with Gasteiger partial charge in [-0.05, 0) is 78.8 Å². The largest absolute Gasteiger partial charge is 0.493 e. The van der Waals surface area contributed by atoms with E-state index in [2.05, 4.69) is 9.97 Å². The maximum atomic E-state index is 11.9. The van der Waals surface area contributed by atoms with Crippen molar-refractivity contribution < 1.29 is 14.6 Å². The molecule has 1 aliphatic rings. The molecule has 150 valence electrons. The number of pyridine rings is 2. The first-order valence-electron chi connectivity index (χ1n) is 10.1. The molecule has 1 aromatic carbocycles. The topological polar surface area (TPSA) is 64.5 Å². The molecule has 1 aliphatic carbocycles. The van der Waals surface area contributed by atoms with E-state index >= 15 is 0 Å². The number of aliphatic hydroxyl groups is 1. The molecular formula is C24H26N2O3. The molecule has 1 N–H and O–H groups in total. The molecule has 4 rings (SSSR count). The Balaban J connectivity index is 1.75. The molecule has 3 aromatic rings. The number of hydrogen-bond acceptors (Lipinski definition) is 5. The zero-order chi connectivity index (χ0) is 20.1. The number of aromatic nitrogens is 2. The second-order valence-corrected chi connectivity index (χ2v) is 7.52. The predicted molar refractivity (Wildman–Crippen MR) is 111 cm³/mol. The Kier molecular flexibility index (Phi) is 5.76. The van der Waals surface area contributed by atoms with E-state index in [1.807, 2.05) is 42.5 Å². The molecule has 2 aromatic heterocycles. The first-order chi connectivity index (χ1) is 14.2. The van der Waals surface area contributed by atoms with Gasteiger partial charge in [0.1, 0.15) is 5.60 Å². The summed E-state index contributed by atoms with van der Waals surface area (Å²) in [7, 11) is 1.64. The monoisotopic (exact) mass is 390 g/mol. The molecule has 0 spiro atoms. The summed E-state index contributed by atoms with van der Waals surface area (Å²) >= 11 is 0. The molecule has 0 bridgehead atoms. The van der Waals surface area contributed by atoms with Crippen LogP contribution in [0.4, 0.5) is 0 Å². The Hall–Kier alpha value is -2.92. The third-order valence-electron chi connectivity index (χ3n) is 5.60. The molecule has 1 saturated carbocycles. The van der Waals surface area contributed by atoms with Gasteiger partial charge in [0.2, 0.25) is 0 Å².